The second-order valence-corrected chi connectivity index (χ2v) is 9.66. The number of anilines is 1. The summed E-state index contributed by atoms with van der Waals surface area (Å²) in [6.45, 7) is 12.3. The molecule has 1 aliphatic heterocycles. The maximum atomic E-state index is 13.1. The molecule has 0 aromatic carbocycles. The van der Waals surface area contributed by atoms with E-state index in [1.54, 1.807) is 9.47 Å². The Kier molecular flexibility index (Phi) is 6.35. The number of nitrogens with one attached hydrogen (secondary N) is 1. The van der Waals surface area contributed by atoms with Crippen LogP contribution in [0.4, 0.5) is 10.7 Å². The van der Waals surface area contributed by atoms with E-state index >= 15 is 0 Å². The van der Waals surface area contributed by atoms with Gasteiger partial charge in [0.1, 0.15) is 11.1 Å². The average molecular weight is 481 g/mol. The van der Waals surface area contributed by atoms with E-state index in [4.69, 9.17) is 4.74 Å². The fourth-order valence-corrected chi connectivity index (χ4v) is 3.88. The summed E-state index contributed by atoms with van der Waals surface area (Å²) in [5.41, 5.74) is 0.860. The Balaban J connectivity index is 2.05. The molecule has 1 saturated heterocycles. The minimum absolute atomic E-state index is 0.141. The first-order chi connectivity index (χ1) is 14.0. The van der Waals surface area contributed by atoms with Crippen molar-refractivity contribution in [2.45, 2.75) is 72.1 Å². The van der Waals surface area contributed by atoms with Crippen LogP contribution in [0, 0.1) is 6.92 Å². The van der Waals surface area contributed by atoms with E-state index in [2.05, 4.69) is 36.2 Å². The Bertz CT molecular complexity index is 1010. The molecule has 0 saturated carbocycles. The number of piperidine rings is 1. The first-order valence-corrected chi connectivity index (χ1v) is 11.0. The molecule has 0 bridgehead atoms. The molecule has 1 atom stereocenters. The van der Waals surface area contributed by atoms with Crippen molar-refractivity contribution in [1.82, 2.24) is 24.4 Å². The highest BCUT2D eigenvalue weighted by molar-refractivity contribution is 9.10. The molecule has 30 heavy (non-hydrogen) atoms. The molecule has 1 N–H and O–H groups in total. The number of aromatic nitrogens is 4. The van der Waals surface area contributed by atoms with Gasteiger partial charge in [-0.15, -0.1) is 0 Å². The molecule has 10 heteroatoms. The molecule has 0 spiro atoms. The number of fused-ring (bicyclic) bond motifs is 1. The second-order valence-electron chi connectivity index (χ2n) is 8.90. The van der Waals surface area contributed by atoms with Crippen LogP contribution in [0.5, 0.6) is 0 Å². The van der Waals surface area contributed by atoms with E-state index in [1.807, 2.05) is 41.5 Å². The van der Waals surface area contributed by atoms with Gasteiger partial charge < -0.3 is 15.0 Å². The number of halogens is 1. The summed E-state index contributed by atoms with van der Waals surface area (Å²) in [5, 5.41) is 3.19. The summed E-state index contributed by atoms with van der Waals surface area (Å²) in [5.74, 6) is 0.451. The lowest BCUT2D eigenvalue weighted by atomic mass is 10.1. The quantitative estimate of drug-likeness (QED) is 0.714. The molecular weight excluding hydrogens is 452 g/mol. The normalized spacial score (nSPS) is 17.5. The van der Waals surface area contributed by atoms with Crippen molar-refractivity contribution in [2.75, 3.05) is 18.4 Å². The Morgan fingerprint density at radius 1 is 1.27 bits per heavy atom. The van der Waals surface area contributed by atoms with Gasteiger partial charge in [-0.1, -0.05) is 0 Å². The maximum Gasteiger partial charge on any atom is 0.410 e. The van der Waals surface area contributed by atoms with Crippen molar-refractivity contribution in [3.63, 3.8) is 0 Å². The zero-order chi connectivity index (χ0) is 22.2. The van der Waals surface area contributed by atoms with Gasteiger partial charge in [-0.05, 0) is 70.3 Å². The summed E-state index contributed by atoms with van der Waals surface area (Å²) in [6, 6.07) is -0.0930. The van der Waals surface area contributed by atoms with E-state index in [-0.39, 0.29) is 28.3 Å². The number of likely N-dealkylation sites (tertiary alicyclic amines) is 1. The maximum absolute atomic E-state index is 13.1. The van der Waals surface area contributed by atoms with Gasteiger partial charge in [0, 0.05) is 19.1 Å². The highest BCUT2D eigenvalue weighted by atomic mass is 79.9. The molecule has 1 aliphatic rings. The summed E-state index contributed by atoms with van der Waals surface area (Å²) in [7, 11) is 0. The molecule has 0 aliphatic carbocycles. The molecule has 1 fully saturated rings. The summed E-state index contributed by atoms with van der Waals surface area (Å²) >= 11 is 3.29. The predicted octanol–water partition coefficient (Wildman–Crippen LogP) is 3.65. The number of hydrogen-bond acceptors (Lipinski definition) is 7. The number of amides is 1. The lowest BCUT2D eigenvalue weighted by molar-refractivity contribution is 0.0172. The minimum Gasteiger partial charge on any atom is -0.444 e. The van der Waals surface area contributed by atoms with Gasteiger partial charge in [0.15, 0.2) is 10.3 Å². The van der Waals surface area contributed by atoms with Crippen molar-refractivity contribution < 1.29 is 9.53 Å². The van der Waals surface area contributed by atoms with Crippen LogP contribution in [-0.4, -0.2) is 55.2 Å². The Morgan fingerprint density at radius 3 is 2.60 bits per heavy atom. The van der Waals surface area contributed by atoms with E-state index in [0.29, 0.717) is 35.9 Å². The topological polar surface area (TPSA) is 102 Å². The van der Waals surface area contributed by atoms with Gasteiger partial charge in [-0.3, -0.25) is 9.36 Å². The van der Waals surface area contributed by atoms with Crippen LogP contribution in [0.15, 0.2) is 9.40 Å². The molecule has 1 amide bonds. The van der Waals surface area contributed by atoms with E-state index in [0.717, 1.165) is 12.8 Å². The molecule has 3 rings (SSSR count). The van der Waals surface area contributed by atoms with Crippen molar-refractivity contribution in [1.29, 1.82) is 0 Å². The van der Waals surface area contributed by atoms with Crippen molar-refractivity contribution in [3.8, 4) is 0 Å². The van der Waals surface area contributed by atoms with Crippen LogP contribution >= 0.6 is 15.9 Å². The Labute approximate surface area is 184 Å². The van der Waals surface area contributed by atoms with Crippen LogP contribution in [0.1, 0.15) is 59.2 Å². The van der Waals surface area contributed by atoms with Gasteiger partial charge in [0.25, 0.3) is 5.56 Å². The van der Waals surface area contributed by atoms with Gasteiger partial charge in [-0.25, -0.2) is 14.8 Å². The minimum atomic E-state index is -0.574. The number of ether oxygens (including phenoxy) is 1. The number of carbonyl (C=O) groups is 1. The smallest absolute Gasteiger partial charge is 0.410 e. The molecule has 2 aromatic rings. The lowest BCUT2D eigenvalue weighted by Gasteiger charge is -2.35. The van der Waals surface area contributed by atoms with Crippen LogP contribution in [-0.2, 0) is 4.74 Å². The van der Waals surface area contributed by atoms with Gasteiger partial charge in [0.05, 0.1) is 11.7 Å². The fraction of sp³-hybridized carbons (Fsp3) is 0.650. The molecule has 2 aromatic heterocycles. The van der Waals surface area contributed by atoms with Crippen LogP contribution in [0.2, 0.25) is 0 Å². The highest BCUT2D eigenvalue weighted by Crippen LogP contribution is 2.26. The van der Waals surface area contributed by atoms with Crippen LogP contribution in [0.3, 0.4) is 0 Å². The Hall–Kier alpha value is -2.23. The van der Waals surface area contributed by atoms with Crippen molar-refractivity contribution in [2.24, 2.45) is 0 Å². The zero-order valence-corrected chi connectivity index (χ0v) is 19.9. The van der Waals surface area contributed by atoms with E-state index in [1.165, 1.54) is 0 Å². The first kappa shape index (κ1) is 22.5. The molecule has 3 heterocycles. The largest absolute Gasteiger partial charge is 0.444 e. The Morgan fingerprint density at radius 2 is 1.97 bits per heavy atom. The third-order valence-electron chi connectivity index (χ3n) is 4.70. The fourth-order valence-electron chi connectivity index (χ4n) is 3.51. The summed E-state index contributed by atoms with van der Waals surface area (Å²) < 4.78 is 7.38. The lowest BCUT2D eigenvalue weighted by Crippen LogP contribution is -2.45. The van der Waals surface area contributed by atoms with Crippen LogP contribution in [0.25, 0.3) is 11.2 Å². The predicted molar refractivity (Wildman–Crippen MR) is 119 cm³/mol. The highest BCUT2D eigenvalue weighted by Gasteiger charge is 2.30. The van der Waals surface area contributed by atoms with E-state index in [9.17, 15) is 9.59 Å². The van der Waals surface area contributed by atoms with Crippen LogP contribution < -0.4 is 10.9 Å². The van der Waals surface area contributed by atoms with Crippen molar-refractivity contribution >= 4 is 39.1 Å². The zero-order valence-electron chi connectivity index (χ0n) is 18.3. The summed E-state index contributed by atoms with van der Waals surface area (Å²) in [6.07, 6.45) is 1.14. The number of hydrogen-bond donors (Lipinski definition) is 1. The molecular formula is C20H29BrN6O3. The monoisotopic (exact) mass is 480 g/mol. The molecule has 0 radical (unpaired) electrons. The number of nitrogens with zero attached hydrogens (tertiary/aromatic N) is 5. The number of carbonyl (C=O) groups excluding carboxylic acids is 1. The summed E-state index contributed by atoms with van der Waals surface area (Å²) in [4.78, 5) is 40.8. The molecule has 0 unspecified atom stereocenters. The third-order valence-corrected chi connectivity index (χ3v) is 5.22. The molecule has 9 nitrogen and oxygen atoms in total. The third kappa shape index (κ3) is 4.91. The second kappa shape index (κ2) is 8.49. The standard InChI is InChI=1S/C20H29BrN6O3/c1-11(2)22-18-23-12(3)14-16(25-18)27(17(28)15(21)24-14)13-8-7-9-26(10-13)19(29)30-20(4,5)6/h11,13H,7-10H2,1-6H3,(H,22,23,25)/t13-/m0/s1. The number of rotatable bonds is 3. The van der Waals surface area contributed by atoms with Crippen molar-refractivity contribution in [3.05, 3.63) is 20.7 Å². The van der Waals surface area contributed by atoms with Gasteiger partial charge >= 0.3 is 6.09 Å². The first-order valence-electron chi connectivity index (χ1n) is 10.2. The SMILES string of the molecule is Cc1nc(NC(C)C)nc2c1nc(Br)c(=O)n2[C@H]1CCCN(C(=O)OC(C)(C)C)C1. The van der Waals surface area contributed by atoms with Gasteiger partial charge in [-0.2, -0.15) is 4.98 Å². The number of aryl methyl sites for hydroxylation is 1. The average Bonchev–Trinajstić information content (AvgIpc) is 2.62. The van der Waals surface area contributed by atoms with Gasteiger partial charge in [0.2, 0.25) is 5.95 Å². The van der Waals surface area contributed by atoms with E-state index < -0.39 is 5.60 Å². The molecule has 164 valence electrons.